The number of nitrogens with two attached hydrogens (primary N) is 1. The zero-order valence-electron chi connectivity index (χ0n) is 10.6. The number of halogens is 1. The van der Waals surface area contributed by atoms with E-state index in [9.17, 15) is 0 Å². The Balaban J connectivity index is 2.65. The first kappa shape index (κ1) is 12.6. The topological polar surface area (TPSA) is 56.2 Å². The number of hydrazone groups is 1. The van der Waals surface area contributed by atoms with Gasteiger partial charge in [-0.25, -0.2) is 4.68 Å². The summed E-state index contributed by atoms with van der Waals surface area (Å²) in [6.07, 6.45) is 1.52. The van der Waals surface area contributed by atoms with Crippen molar-refractivity contribution in [2.75, 3.05) is 0 Å². The second kappa shape index (κ2) is 4.82. The van der Waals surface area contributed by atoms with E-state index < -0.39 is 0 Å². The maximum atomic E-state index is 6.32. The normalized spacial score (nSPS) is 11.3. The summed E-state index contributed by atoms with van der Waals surface area (Å²) < 4.78 is 1.72. The van der Waals surface area contributed by atoms with Gasteiger partial charge in [0.15, 0.2) is 0 Å². The van der Waals surface area contributed by atoms with Gasteiger partial charge in [-0.15, -0.1) is 0 Å². The molecule has 0 aliphatic heterocycles. The van der Waals surface area contributed by atoms with Crippen molar-refractivity contribution in [2.45, 2.75) is 20.8 Å². The summed E-state index contributed by atoms with van der Waals surface area (Å²) in [5, 5.41) is 8.47. The highest BCUT2D eigenvalue weighted by molar-refractivity contribution is 6.32. The van der Waals surface area contributed by atoms with Crippen LogP contribution in [0.1, 0.15) is 22.4 Å². The van der Waals surface area contributed by atoms with E-state index in [1.54, 1.807) is 4.68 Å². The number of benzene rings is 1. The molecule has 0 atom stereocenters. The number of hydrogen-bond acceptors (Lipinski definition) is 3. The molecular formula is C13H15ClN4. The molecule has 0 bridgehead atoms. The van der Waals surface area contributed by atoms with E-state index in [0.29, 0.717) is 5.15 Å². The average Bonchev–Trinajstić information content (AvgIpc) is 2.61. The molecule has 0 aliphatic rings. The van der Waals surface area contributed by atoms with Crippen LogP contribution in [-0.2, 0) is 0 Å². The minimum atomic E-state index is 0.524. The van der Waals surface area contributed by atoms with Crippen molar-refractivity contribution in [2.24, 2.45) is 10.9 Å². The van der Waals surface area contributed by atoms with Gasteiger partial charge in [0.05, 0.1) is 23.2 Å². The van der Waals surface area contributed by atoms with E-state index in [1.807, 2.05) is 20.8 Å². The Morgan fingerprint density at radius 2 is 2.06 bits per heavy atom. The molecule has 0 fully saturated rings. The molecule has 18 heavy (non-hydrogen) atoms. The molecule has 0 saturated carbocycles. The van der Waals surface area contributed by atoms with Crippen LogP contribution in [0.3, 0.4) is 0 Å². The SMILES string of the molecule is Cc1ccc(C)c(-n2nc(C)c(/C=N\N)c2Cl)c1. The molecule has 1 aromatic heterocycles. The van der Waals surface area contributed by atoms with Crippen molar-refractivity contribution in [3.05, 3.63) is 45.7 Å². The van der Waals surface area contributed by atoms with Crippen LogP contribution < -0.4 is 5.84 Å². The van der Waals surface area contributed by atoms with Gasteiger partial charge in [-0.3, -0.25) is 0 Å². The molecule has 5 heteroatoms. The quantitative estimate of drug-likeness (QED) is 0.514. The number of rotatable bonds is 2. The van der Waals surface area contributed by atoms with E-state index in [0.717, 1.165) is 28.1 Å². The Bertz CT molecular complexity index is 614. The summed E-state index contributed by atoms with van der Waals surface area (Å²) in [6.45, 7) is 5.94. The molecule has 94 valence electrons. The lowest BCUT2D eigenvalue weighted by atomic mass is 10.1. The fourth-order valence-electron chi connectivity index (χ4n) is 1.84. The predicted octanol–water partition coefficient (Wildman–Crippen LogP) is 2.74. The van der Waals surface area contributed by atoms with E-state index in [1.165, 1.54) is 6.21 Å². The lowest BCUT2D eigenvalue weighted by molar-refractivity contribution is 0.855. The maximum Gasteiger partial charge on any atom is 0.142 e. The minimum Gasteiger partial charge on any atom is -0.323 e. The van der Waals surface area contributed by atoms with Crippen molar-refractivity contribution >= 4 is 17.8 Å². The summed E-state index contributed by atoms with van der Waals surface area (Å²) in [6, 6.07) is 6.16. The molecule has 1 aromatic carbocycles. The molecule has 0 unspecified atom stereocenters. The van der Waals surface area contributed by atoms with E-state index in [4.69, 9.17) is 17.4 Å². The molecule has 2 aromatic rings. The fraction of sp³-hybridized carbons (Fsp3) is 0.231. The first-order chi connectivity index (χ1) is 8.54. The van der Waals surface area contributed by atoms with Crippen molar-refractivity contribution in [3.8, 4) is 5.69 Å². The second-order valence-corrected chi connectivity index (χ2v) is 4.63. The van der Waals surface area contributed by atoms with Crippen LogP contribution in [0.25, 0.3) is 5.69 Å². The molecule has 0 radical (unpaired) electrons. The third kappa shape index (κ3) is 2.11. The van der Waals surface area contributed by atoms with Crippen molar-refractivity contribution in [1.82, 2.24) is 9.78 Å². The third-order valence-electron chi connectivity index (χ3n) is 2.84. The fourth-order valence-corrected chi connectivity index (χ4v) is 2.15. The standard InChI is InChI=1S/C13H15ClN4/c1-8-4-5-9(2)12(6-8)18-13(14)11(7-16-15)10(3)17-18/h4-7H,15H2,1-3H3/b16-7-. The van der Waals surface area contributed by atoms with Gasteiger partial charge < -0.3 is 5.84 Å². The summed E-state index contributed by atoms with van der Waals surface area (Å²) in [5.41, 5.74) is 4.80. The van der Waals surface area contributed by atoms with Crippen molar-refractivity contribution in [3.63, 3.8) is 0 Å². The molecular weight excluding hydrogens is 248 g/mol. The zero-order chi connectivity index (χ0) is 13.3. The molecule has 2 N–H and O–H groups in total. The zero-order valence-corrected chi connectivity index (χ0v) is 11.4. The lowest BCUT2D eigenvalue weighted by Gasteiger charge is -2.08. The third-order valence-corrected chi connectivity index (χ3v) is 3.21. The molecule has 0 aliphatic carbocycles. The van der Waals surface area contributed by atoms with Gasteiger partial charge in [-0.05, 0) is 38.0 Å². The van der Waals surface area contributed by atoms with Crippen molar-refractivity contribution in [1.29, 1.82) is 0 Å². The highest BCUT2D eigenvalue weighted by Crippen LogP contribution is 2.24. The van der Waals surface area contributed by atoms with E-state index in [2.05, 4.69) is 28.4 Å². The molecule has 0 saturated heterocycles. The van der Waals surface area contributed by atoms with Crippen LogP contribution in [-0.4, -0.2) is 16.0 Å². The minimum absolute atomic E-state index is 0.524. The molecule has 4 nitrogen and oxygen atoms in total. The summed E-state index contributed by atoms with van der Waals surface area (Å²) in [5.74, 6) is 5.17. The van der Waals surface area contributed by atoms with Gasteiger partial charge in [0.2, 0.25) is 0 Å². The monoisotopic (exact) mass is 262 g/mol. The summed E-state index contributed by atoms with van der Waals surface area (Å²) in [4.78, 5) is 0. The van der Waals surface area contributed by atoms with E-state index in [-0.39, 0.29) is 0 Å². The Kier molecular flexibility index (Phi) is 3.39. The molecule has 0 amide bonds. The summed E-state index contributed by atoms with van der Waals surface area (Å²) in [7, 11) is 0. The lowest BCUT2D eigenvalue weighted by Crippen LogP contribution is -2.00. The van der Waals surface area contributed by atoms with Gasteiger partial charge in [-0.1, -0.05) is 23.7 Å². The predicted molar refractivity (Wildman–Crippen MR) is 74.6 cm³/mol. The van der Waals surface area contributed by atoms with Crippen LogP contribution in [0.4, 0.5) is 0 Å². The maximum absolute atomic E-state index is 6.32. The Morgan fingerprint density at radius 3 is 2.72 bits per heavy atom. The van der Waals surface area contributed by atoms with Crippen LogP contribution in [0.2, 0.25) is 5.15 Å². The Hall–Kier alpha value is -1.81. The second-order valence-electron chi connectivity index (χ2n) is 4.27. The van der Waals surface area contributed by atoms with Gasteiger partial charge in [0, 0.05) is 0 Å². The first-order valence-electron chi connectivity index (χ1n) is 5.60. The molecule has 0 spiro atoms. The van der Waals surface area contributed by atoms with Crippen LogP contribution >= 0.6 is 11.6 Å². The van der Waals surface area contributed by atoms with Gasteiger partial charge in [0.25, 0.3) is 0 Å². The number of aryl methyl sites for hydroxylation is 3. The molecule has 2 rings (SSSR count). The average molecular weight is 263 g/mol. The highest BCUT2D eigenvalue weighted by Gasteiger charge is 2.14. The van der Waals surface area contributed by atoms with Gasteiger partial charge in [0.1, 0.15) is 5.15 Å². The smallest absolute Gasteiger partial charge is 0.142 e. The highest BCUT2D eigenvalue weighted by atomic mass is 35.5. The largest absolute Gasteiger partial charge is 0.323 e. The van der Waals surface area contributed by atoms with Gasteiger partial charge >= 0.3 is 0 Å². The Labute approximate surface area is 111 Å². The number of hydrogen-bond donors (Lipinski definition) is 1. The van der Waals surface area contributed by atoms with E-state index >= 15 is 0 Å². The Morgan fingerprint density at radius 1 is 1.33 bits per heavy atom. The number of nitrogens with zero attached hydrogens (tertiary/aromatic N) is 3. The van der Waals surface area contributed by atoms with Crippen LogP contribution in [0.5, 0.6) is 0 Å². The number of aromatic nitrogens is 2. The van der Waals surface area contributed by atoms with Crippen LogP contribution in [0.15, 0.2) is 23.3 Å². The van der Waals surface area contributed by atoms with Crippen molar-refractivity contribution < 1.29 is 0 Å². The van der Waals surface area contributed by atoms with Gasteiger partial charge in [-0.2, -0.15) is 10.2 Å². The summed E-state index contributed by atoms with van der Waals surface area (Å²) >= 11 is 6.32. The van der Waals surface area contributed by atoms with Crippen LogP contribution in [0, 0.1) is 20.8 Å². The molecule has 1 heterocycles. The first-order valence-corrected chi connectivity index (χ1v) is 5.98.